The van der Waals surface area contributed by atoms with Crippen LogP contribution in [0.25, 0.3) is 10.9 Å². The van der Waals surface area contributed by atoms with Crippen molar-refractivity contribution in [3.05, 3.63) is 35.9 Å². The minimum atomic E-state index is 0.188. The van der Waals surface area contributed by atoms with Crippen molar-refractivity contribution in [3.63, 3.8) is 0 Å². The summed E-state index contributed by atoms with van der Waals surface area (Å²) in [7, 11) is 0. The van der Waals surface area contributed by atoms with E-state index in [9.17, 15) is 10.4 Å². The first kappa shape index (κ1) is 13.8. The average Bonchev–Trinajstić information content (AvgIpc) is 2.54. The molecule has 4 heteroatoms. The Labute approximate surface area is 124 Å². The molecule has 1 heterocycles. The summed E-state index contributed by atoms with van der Waals surface area (Å²) in [6, 6.07) is 12.1. The Morgan fingerprint density at radius 3 is 2.90 bits per heavy atom. The van der Waals surface area contributed by atoms with E-state index in [0.717, 1.165) is 30.2 Å². The van der Waals surface area contributed by atoms with E-state index >= 15 is 0 Å². The molecule has 0 unspecified atom stereocenters. The number of hydrogen-bond acceptors (Lipinski definition) is 4. The maximum absolute atomic E-state index is 9.51. The molecule has 0 saturated heterocycles. The molecule has 21 heavy (non-hydrogen) atoms. The summed E-state index contributed by atoms with van der Waals surface area (Å²) in [5.41, 5.74) is 1.45. The molecule has 2 atom stereocenters. The third-order valence-electron chi connectivity index (χ3n) is 4.31. The molecule has 3 rings (SSSR count). The van der Waals surface area contributed by atoms with Gasteiger partial charge in [0.05, 0.1) is 11.1 Å². The zero-order chi connectivity index (χ0) is 14.7. The Hall–Kier alpha value is -2.12. The van der Waals surface area contributed by atoms with Crippen LogP contribution in [0.1, 0.15) is 31.2 Å². The number of pyridine rings is 1. The van der Waals surface area contributed by atoms with Crippen LogP contribution in [0.5, 0.6) is 0 Å². The molecular formula is C17H19N3O. The van der Waals surface area contributed by atoms with Gasteiger partial charge >= 0.3 is 0 Å². The molecule has 1 fully saturated rings. The van der Waals surface area contributed by atoms with E-state index in [2.05, 4.69) is 16.4 Å². The first-order valence-corrected chi connectivity index (χ1v) is 7.49. The second-order valence-electron chi connectivity index (χ2n) is 5.67. The molecule has 4 nitrogen and oxygen atoms in total. The molecule has 0 spiro atoms. The summed E-state index contributed by atoms with van der Waals surface area (Å²) < 4.78 is 0. The van der Waals surface area contributed by atoms with Crippen LogP contribution < -0.4 is 5.32 Å². The third kappa shape index (κ3) is 2.84. The number of aromatic nitrogens is 1. The Bertz CT molecular complexity index is 677. The number of benzene rings is 1. The van der Waals surface area contributed by atoms with Crippen LogP contribution >= 0.6 is 0 Å². The SMILES string of the molecule is N#Cc1cc2ccccc2nc1N[C@@H]1CCCC[C@H]1CO. The molecule has 0 radical (unpaired) electrons. The van der Waals surface area contributed by atoms with Crippen molar-refractivity contribution >= 4 is 16.7 Å². The summed E-state index contributed by atoms with van der Waals surface area (Å²) in [6.07, 6.45) is 4.37. The number of nitrogens with zero attached hydrogens (tertiary/aromatic N) is 2. The van der Waals surface area contributed by atoms with E-state index in [1.54, 1.807) is 0 Å². The Morgan fingerprint density at radius 2 is 2.10 bits per heavy atom. The van der Waals surface area contributed by atoms with Crippen LogP contribution in [0, 0.1) is 17.2 Å². The highest BCUT2D eigenvalue weighted by Gasteiger charge is 2.25. The van der Waals surface area contributed by atoms with Gasteiger partial charge in [-0.3, -0.25) is 0 Å². The number of nitrogens with one attached hydrogen (secondary N) is 1. The zero-order valence-corrected chi connectivity index (χ0v) is 11.9. The van der Waals surface area contributed by atoms with Gasteiger partial charge in [-0.15, -0.1) is 0 Å². The molecular weight excluding hydrogens is 262 g/mol. The highest BCUT2D eigenvalue weighted by atomic mass is 16.3. The molecule has 1 aliphatic carbocycles. The number of para-hydroxylation sites is 1. The number of anilines is 1. The number of hydrogen-bond donors (Lipinski definition) is 2. The quantitative estimate of drug-likeness (QED) is 0.907. The van der Waals surface area contributed by atoms with Gasteiger partial charge in [-0.2, -0.15) is 5.26 Å². The van der Waals surface area contributed by atoms with E-state index < -0.39 is 0 Å². The Balaban J connectivity index is 1.93. The van der Waals surface area contributed by atoms with Gasteiger partial charge in [0.25, 0.3) is 0 Å². The highest BCUT2D eigenvalue weighted by molar-refractivity contribution is 5.82. The lowest BCUT2D eigenvalue weighted by molar-refractivity contribution is 0.178. The van der Waals surface area contributed by atoms with E-state index in [4.69, 9.17) is 0 Å². The van der Waals surface area contributed by atoms with Crippen molar-refractivity contribution in [2.45, 2.75) is 31.7 Å². The lowest BCUT2D eigenvalue weighted by Crippen LogP contribution is -2.34. The summed E-state index contributed by atoms with van der Waals surface area (Å²) in [4.78, 5) is 4.59. The first-order chi connectivity index (χ1) is 10.3. The fraction of sp³-hybridized carbons (Fsp3) is 0.412. The maximum Gasteiger partial charge on any atom is 0.144 e. The number of aliphatic hydroxyl groups is 1. The summed E-state index contributed by atoms with van der Waals surface area (Å²) >= 11 is 0. The van der Waals surface area contributed by atoms with Gasteiger partial charge in [-0.1, -0.05) is 31.0 Å². The van der Waals surface area contributed by atoms with Gasteiger partial charge in [-0.25, -0.2) is 4.98 Å². The van der Waals surface area contributed by atoms with Crippen LogP contribution in [-0.2, 0) is 0 Å². The van der Waals surface area contributed by atoms with Gasteiger partial charge in [0, 0.05) is 24.0 Å². The lowest BCUT2D eigenvalue weighted by atomic mass is 9.85. The van der Waals surface area contributed by atoms with Gasteiger partial charge in [-0.05, 0) is 25.0 Å². The van der Waals surface area contributed by atoms with Crippen LogP contribution in [0.2, 0.25) is 0 Å². The molecule has 0 amide bonds. The van der Waals surface area contributed by atoms with Gasteiger partial charge in [0.2, 0.25) is 0 Å². The molecule has 1 saturated carbocycles. The summed E-state index contributed by atoms with van der Waals surface area (Å²) in [5, 5.41) is 23.2. The lowest BCUT2D eigenvalue weighted by Gasteiger charge is -2.31. The van der Waals surface area contributed by atoms with Crippen molar-refractivity contribution in [3.8, 4) is 6.07 Å². The standard InChI is InChI=1S/C17H19N3O/c18-10-14-9-12-5-1-3-7-15(12)19-17(14)20-16-8-4-2-6-13(16)11-21/h1,3,5,7,9,13,16,21H,2,4,6,8,11H2,(H,19,20)/t13-,16+/m0/s1. The maximum atomic E-state index is 9.51. The summed E-state index contributed by atoms with van der Waals surface area (Å²) in [6.45, 7) is 0.188. The van der Waals surface area contributed by atoms with Gasteiger partial charge in [0.1, 0.15) is 11.9 Å². The smallest absolute Gasteiger partial charge is 0.144 e. The molecule has 1 aromatic carbocycles. The number of rotatable bonds is 3. The Morgan fingerprint density at radius 1 is 1.29 bits per heavy atom. The van der Waals surface area contributed by atoms with Crippen LogP contribution in [0.3, 0.4) is 0 Å². The second-order valence-corrected chi connectivity index (χ2v) is 5.67. The van der Waals surface area contributed by atoms with Gasteiger partial charge in [0.15, 0.2) is 0 Å². The monoisotopic (exact) mass is 281 g/mol. The zero-order valence-electron chi connectivity index (χ0n) is 11.9. The van der Waals surface area contributed by atoms with Crippen molar-refractivity contribution in [2.75, 3.05) is 11.9 Å². The van der Waals surface area contributed by atoms with Crippen LogP contribution in [0.4, 0.5) is 5.82 Å². The molecule has 1 aliphatic rings. The van der Waals surface area contributed by atoms with E-state index in [0.29, 0.717) is 11.4 Å². The molecule has 2 N–H and O–H groups in total. The fourth-order valence-electron chi connectivity index (χ4n) is 3.10. The highest BCUT2D eigenvalue weighted by Crippen LogP contribution is 2.28. The predicted molar refractivity (Wildman–Crippen MR) is 82.9 cm³/mol. The molecule has 1 aromatic heterocycles. The largest absolute Gasteiger partial charge is 0.396 e. The number of fused-ring (bicyclic) bond motifs is 1. The molecule has 0 aliphatic heterocycles. The van der Waals surface area contributed by atoms with Gasteiger partial charge < -0.3 is 10.4 Å². The fourth-order valence-corrected chi connectivity index (χ4v) is 3.10. The van der Waals surface area contributed by atoms with Crippen molar-refractivity contribution in [1.82, 2.24) is 4.98 Å². The normalized spacial score (nSPS) is 21.9. The topological polar surface area (TPSA) is 68.9 Å². The average molecular weight is 281 g/mol. The van der Waals surface area contributed by atoms with Crippen LogP contribution in [-0.4, -0.2) is 22.7 Å². The molecule has 2 aromatic rings. The van der Waals surface area contributed by atoms with Crippen molar-refractivity contribution in [1.29, 1.82) is 5.26 Å². The molecule has 0 bridgehead atoms. The predicted octanol–water partition coefficient (Wildman–Crippen LogP) is 3.07. The molecule has 108 valence electrons. The number of aliphatic hydroxyl groups excluding tert-OH is 1. The van der Waals surface area contributed by atoms with Crippen molar-refractivity contribution in [2.24, 2.45) is 5.92 Å². The number of nitriles is 1. The van der Waals surface area contributed by atoms with E-state index in [1.807, 2.05) is 30.3 Å². The van der Waals surface area contributed by atoms with E-state index in [1.165, 1.54) is 6.42 Å². The minimum Gasteiger partial charge on any atom is -0.396 e. The first-order valence-electron chi connectivity index (χ1n) is 7.49. The minimum absolute atomic E-state index is 0.188. The second kappa shape index (κ2) is 6.11. The van der Waals surface area contributed by atoms with E-state index in [-0.39, 0.29) is 18.6 Å². The Kier molecular flexibility index (Phi) is 4.03. The summed E-state index contributed by atoms with van der Waals surface area (Å²) in [5.74, 6) is 0.889. The third-order valence-corrected chi connectivity index (χ3v) is 4.31. The van der Waals surface area contributed by atoms with Crippen LogP contribution in [0.15, 0.2) is 30.3 Å². The van der Waals surface area contributed by atoms with Crippen molar-refractivity contribution < 1.29 is 5.11 Å².